The quantitative estimate of drug-likeness (QED) is 0.686. The van der Waals surface area contributed by atoms with Crippen LogP contribution in [0.4, 0.5) is 0 Å². The molecule has 0 radical (unpaired) electrons. The molecule has 1 aliphatic rings. The van der Waals surface area contributed by atoms with Gasteiger partial charge in [-0.3, -0.25) is 4.99 Å². The molecule has 0 spiro atoms. The third-order valence-electron chi connectivity index (χ3n) is 3.57. The van der Waals surface area contributed by atoms with Gasteiger partial charge in [-0.1, -0.05) is 5.16 Å². The van der Waals surface area contributed by atoms with Crippen molar-refractivity contribution in [1.82, 2.24) is 15.4 Å². The summed E-state index contributed by atoms with van der Waals surface area (Å²) in [4.78, 5) is 6.63. The number of likely N-dealkylation sites (tertiary alicyclic amines) is 1. The number of rotatable bonds is 3. The Kier molecular flexibility index (Phi) is 5.45. The first-order valence-corrected chi connectivity index (χ1v) is 7.93. The summed E-state index contributed by atoms with van der Waals surface area (Å²) in [5, 5.41) is 7.23. The number of aromatic nitrogens is 1. The third-order valence-corrected chi connectivity index (χ3v) is 3.57. The molecule has 0 aromatic carbocycles. The molecule has 0 aliphatic carbocycles. The summed E-state index contributed by atoms with van der Waals surface area (Å²) in [6.07, 6.45) is 2.39. The zero-order valence-electron chi connectivity index (χ0n) is 14.3. The molecule has 1 saturated heterocycles. The Morgan fingerprint density at radius 3 is 2.64 bits per heavy atom. The van der Waals surface area contributed by atoms with Gasteiger partial charge >= 0.3 is 0 Å². The lowest BCUT2D eigenvalue weighted by molar-refractivity contribution is -0.0773. The van der Waals surface area contributed by atoms with Crippen molar-refractivity contribution in [3.63, 3.8) is 0 Å². The van der Waals surface area contributed by atoms with Crippen LogP contribution in [0.5, 0.6) is 0 Å². The summed E-state index contributed by atoms with van der Waals surface area (Å²) in [6.45, 7) is 10.8. The molecule has 1 aromatic heterocycles. The highest BCUT2D eigenvalue weighted by molar-refractivity contribution is 5.79. The van der Waals surface area contributed by atoms with E-state index in [1.165, 1.54) is 0 Å². The van der Waals surface area contributed by atoms with Crippen LogP contribution in [0.25, 0.3) is 0 Å². The van der Waals surface area contributed by atoms with E-state index in [1.807, 2.05) is 20.0 Å². The monoisotopic (exact) mass is 308 g/mol. The van der Waals surface area contributed by atoms with Crippen molar-refractivity contribution >= 4 is 5.96 Å². The van der Waals surface area contributed by atoms with Crippen LogP contribution in [0.1, 0.15) is 45.1 Å². The molecule has 1 fully saturated rings. The van der Waals surface area contributed by atoms with E-state index in [1.54, 1.807) is 0 Å². The van der Waals surface area contributed by atoms with E-state index in [9.17, 15) is 0 Å². The van der Waals surface area contributed by atoms with Crippen molar-refractivity contribution in [1.29, 1.82) is 0 Å². The van der Waals surface area contributed by atoms with Crippen LogP contribution in [-0.2, 0) is 11.3 Å². The number of guanidine groups is 1. The number of hydrogen-bond donors (Lipinski definition) is 1. The maximum atomic E-state index is 6.06. The first-order chi connectivity index (χ1) is 10.4. The van der Waals surface area contributed by atoms with Crippen molar-refractivity contribution in [2.24, 2.45) is 4.99 Å². The average Bonchev–Trinajstić information content (AvgIpc) is 2.85. The molecule has 0 saturated carbocycles. The van der Waals surface area contributed by atoms with Crippen molar-refractivity contribution < 1.29 is 9.26 Å². The summed E-state index contributed by atoms with van der Waals surface area (Å²) in [5.74, 6) is 1.73. The molecular formula is C16H28N4O2. The van der Waals surface area contributed by atoms with Crippen LogP contribution in [0.2, 0.25) is 0 Å². The summed E-state index contributed by atoms with van der Waals surface area (Å²) < 4.78 is 11.3. The Balaban J connectivity index is 1.81. The van der Waals surface area contributed by atoms with Gasteiger partial charge in [0.25, 0.3) is 0 Å². The Labute approximate surface area is 132 Å². The summed E-state index contributed by atoms with van der Waals surface area (Å²) in [5.41, 5.74) is 0.823. The Hall–Kier alpha value is -1.56. The number of aryl methyl sites for hydroxylation is 1. The fourth-order valence-electron chi connectivity index (χ4n) is 2.68. The number of ether oxygens (including phenoxy) is 1. The van der Waals surface area contributed by atoms with E-state index in [4.69, 9.17) is 9.26 Å². The van der Waals surface area contributed by atoms with Crippen molar-refractivity contribution in [2.45, 2.75) is 58.8 Å². The van der Waals surface area contributed by atoms with Crippen molar-refractivity contribution in [3.8, 4) is 0 Å². The minimum atomic E-state index is -0.0725. The molecule has 2 heterocycles. The SMILES string of the molecule is CN=C(NCc1cc(C)no1)N1CCC(OC(C)(C)C)CC1. The maximum absolute atomic E-state index is 6.06. The van der Waals surface area contributed by atoms with E-state index in [-0.39, 0.29) is 5.60 Å². The molecule has 1 aromatic rings. The van der Waals surface area contributed by atoms with Crippen molar-refractivity contribution in [3.05, 3.63) is 17.5 Å². The van der Waals surface area contributed by atoms with Crippen LogP contribution in [0.3, 0.4) is 0 Å². The van der Waals surface area contributed by atoms with E-state index in [0.717, 1.165) is 43.3 Å². The van der Waals surface area contributed by atoms with E-state index >= 15 is 0 Å². The Bertz CT molecular complexity index is 496. The molecule has 6 heteroatoms. The molecule has 0 atom stereocenters. The lowest BCUT2D eigenvalue weighted by Crippen LogP contribution is -2.47. The first-order valence-electron chi connectivity index (χ1n) is 7.93. The fourth-order valence-corrected chi connectivity index (χ4v) is 2.68. The van der Waals surface area contributed by atoms with Crippen LogP contribution in [-0.4, -0.2) is 47.9 Å². The van der Waals surface area contributed by atoms with Gasteiger partial charge in [0.05, 0.1) is 23.9 Å². The standard InChI is InChI=1S/C16H28N4O2/c1-12-10-14(22-19-12)11-18-15(17-5)20-8-6-13(7-9-20)21-16(2,3)4/h10,13H,6-9,11H2,1-5H3,(H,17,18). The van der Waals surface area contributed by atoms with Crippen LogP contribution in [0, 0.1) is 6.92 Å². The molecule has 2 rings (SSSR count). The second-order valence-electron chi connectivity index (χ2n) is 6.75. The topological polar surface area (TPSA) is 62.9 Å². The molecule has 124 valence electrons. The van der Waals surface area contributed by atoms with E-state index in [0.29, 0.717) is 12.6 Å². The highest BCUT2D eigenvalue weighted by atomic mass is 16.5. The summed E-state index contributed by atoms with van der Waals surface area (Å²) in [7, 11) is 1.81. The molecule has 0 unspecified atom stereocenters. The number of nitrogens with one attached hydrogen (secondary N) is 1. The number of nitrogens with zero attached hydrogens (tertiary/aromatic N) is 3. The smallest absolute Gasteiger partial charge is 0.194 e. The van der Waals surface area contributed by atoms with E-state index in [2.05, 4.69) is 41.1 Å². The van der Waals surface area contributed by atoms with Gasteiger partial charge in [0.15, 0.2) is 11.7 Å². The molecule has 6 nitrogen and oxygen atoms in total. The minimum Gasteiger partial charge on any atom is -0.372 e. The first kappa shape index (κ1) is 16.8. The van der Waals surface area contributed by atoms with Gasteiger partial charge in [0, 0.05) is 26.2 Å². The molecule has 1 aliphatic heterocycles. The second kappa shape index (κ2) is 7.13. The predicted molar refractivity (Wildman–Crippen MR) is 86.9 cm³/mol. The number of hydrogen-bond acceptors (Lipinski definition) is 4. The summed E-state index contributed by atoms with van der Waals surface area (Å²) in [6, 6.07) is 1.93. The number of aliphatic imine (C=N–C) groups is 1. The molecule has 0 bridgehead atoms. The fraction of sp³-hybridized carbons (Fsp3) is 0.750. The largest absolute Gasteiger partial charge is 0.372 e. The molecule has 1 N–H and O–H groups in total. The zero-order chi connectivity index (χ0) is 16.2. The second-order valence-corrected chi connectivity index (χ2v) is 6.75. The van der Waals surface area contributed by atoms with Crippen LogP contribution in [0.15, 0.2) is 15.6 Å². The highest BCUT2D eigenvalue weighted by Gasteiger charge is 2.25. The van der Waals surface area contributed by atoms with Gasteiger partial charge in [-0.2, -0.15) is 0 Å². The minimum absolute atomic E-state index is 0.0725. The van der Waals surface area contributed by atoms with E-state index < -0.39 is 0 Å². The number of piperidine rings is 1. The molecule has 22 heavy (non-hydrogen) atoms. The van der Waals surface area contributed by atoms with Gasteiger partial charge in [0.2, 0.25) is 0 Å². The Morgan fingerprint density at radius 1 is 1.45 bits per heavy atom. The molecule has 0 amide bonds. The normalized spacial score (nSPS) is 17.9. The predicted octanol–water partition coefficient (Wildman–Crippen LogP) is 2.34. The third kappa shape index (κ3) is 5.02. The lowest BCUT2D eigenvalue weighted by Gasteiger charge is -2.36. The van der Waals surface area contributed by atoms with Gasteiger partial charge < -0.3 is 19.5 Å². The van der Waals surface area contributed by atoms with Gasteiger partial charge in [0.1, 0.15) is 0 Å². The van der Waals surface area contributed by atoms with Gasteiger partial charge in [-0.05, 0) is 40.5 Å². The van der Waals surface area contributed by atoms with Gasteiger partial charge in [-0.25, -0.2) is 0 Å². The average molecular weight is 308 g/mol. The molecular weight excluding hydrogens is 280 g/mol. The highest BCUT2D eigenvalue weighted by Crippen LogP contribution is 2.20. The van der Waals surface area contributed by atoms with Crippen molar-refractivity contribution in [2.75, 3.05) is 20.1 Å². The van der Waals surface area contributed by atoms with Gasteiger partial charge in [-0.15, -0.1) is 0 Å². The van der Waals surface area contributed by atoms with Crippen LogP contribution < -0.4 is 5.32 Å². The lowest BCUT2D eigenvalue weighted by atomic mass is 10.1. The Morgan fingerprint density at radius 2 is 2.14 bits per heavy atom. The zero-order valence-corrected chi connectivity index (χ0v) is 14.3. The summed E-state index contributed by atoms with van der Waals surface area (Å²) >= 11 is 0. The maximum Gasteiger partial charge on any atom is 0.194 e. The van der Waals surface area contributed by atoms with Crippen LogP contribution >= 0.6 is 0 Å².